The molecular formula is C15H17F3N2O4. The van der Waals surface area contributed by atoms with E-state index in [0.717, 1.165) is 0 Å². The summed E-state index contributed by atoms with van der Waals surface area (Å²) in [4.78, 5) is 26.0. The topological polar surface area (TPSA) is 63.0 Å². The molecule has 0 bridgehead atoms. The fourth-order valence-electron chi connectivity index (χ4n) is 3.05. The summed E-state index contributed by atoms with van der Waals surface area (Å²) in [6, 6.07) is 2.68. The van der Waals surface area contributed by atoms with Crippen molar-refractivity contribution >= 4 is 11.8 Å². The Labute approximate surface area is 136 Å². The number of hydrogen-bond acceptors (Lipinski definition) is 5. The van der Waals surface area contributed by atoms with Gasteiger partial charge in [0, 0.05) is 13.1 Å². The van der Waals surface area contributed by atoms with Crippen LogP contribution in [0.1, 0.15) is 24.0 Å². The zero-order chi connectivity index (χ0) is 17.5. The molecule has 0 spiro atoms. The number of rotatable bonds is 3. The zero-order valence-corrected chi connectivity index (χ0v) is 13.0. The van der Waals surface area contributed by atoms with Gasteiger partial charge in [-0.15, -0.1) is 0 Å². The van der Waals surface area contributed by atoms with Crippen LogP contribution in [0.4, 0.5) is 13.2 Å². The highest BCUT2D eigenvalue weighted by Gasteiger charge is 2.47. The Morgan fingerprint density at radius 2 is 2.04 bits per heavy atom. The van der Waals surface area contributed by atoms with Crippen molar-refractivity contribution in [3.8, 4) is 0 Å². The fraction of sp³-hybridized carbons (Fsp3) is 0.600. The predicted molar refractivity (Wildman–Crippen MR) is 74.9 cm³/mol. The second-order valence-electron chi connectivity index (χ2n) is 5.96. The number of alkyl halides is 3. The Bertz CT molecular complexity index is 643. The van der Waals surface area contributed by atoms with E-state index in [0.29, 0.717) is 29.6 Å². The van der Waals surface area contributed by atoms with E-state index in [2.05, 4.69) is 0 Å². The van der Waals surface area contributed by atoms with Crippen molar-refractivity contribution in [1.82, 2.24) is 9.80 Å². The second kappa shape index (κ2) is 6.21. The first-order valence-corrected chi connectivity index (χ1v) is 7.57. The van der Waals surface area contributed by atoms with Gasteiger partial charge in [-0.3, -0.25) is 19.4 Å². The maximum atomic E-state index is 12.5. The van der Waals surface area contributed by atoms with Crippen LogP contribution in [0.25, 0.3) is 0 Å². The number of carbonyl (C=O) groups excluding carboxylic acids is 2. The molecule has 0 N–H and O–H groups in total. The van der Waals surface area contributed by atoms with E-state index in [1.165, 1.54) is 0 Å². The number of hydrogen-bond donors (Lipinski definition) is 0. The summed E-state index contributed by atoms with van der Waals surface area (Å²) < 4.78 is 48.7. The van der Waals surface area contributed by atoms with Gasteiger partial charge in [0.05, 0.1) is 19.1 Å². The molecule has 24 heavy (non-hydrogen) atoms. The van der Waals surface area contributed by atoms with Crippen molar-refractivity contribution in [3.63, 3.8) is 0 Å². The summed E-state index contributed by atoms with van der Waals surface area (Å²) in [6.07, 6.45) is -5.25. The van der Waals surface area contributed by atoms with Crippen LogP contribution >= 0.6 is 0 Å². The van der Waals surface area contributed by atoms with Crippen LogP contribution in [-0.4, -0.2) is 60.1 Å². The number of morpholine rings is 1. The van der Waals surface area contributed by atoms with E-state index in [4.69, 9.17) is 9.15 Å². The third-order valence-corrected chi connectivity index (χ3v) is 4.17. The SMILES string of the molecule is Cc1ccc([C@H]2CN([C@H]3CC(=O)N(CC(F)(F)F)C3=O)CCO2)o1. The number of carbonyl (C=O) groups is 2. The molecule has 2 aliphatic rings. The third kappa shape index (κ3) is 3.46. The summed E-state index contributed by atoms with van der Waals surface area (Å²) in [5.74, 6) is -0.275. The largest absolute Gasteiger partial charge is 0.464 e. The minimum absolute atomic E-state index is 0.237. The second-order valence-corrected chi connectivity index (χ2v) is 5.96. The summed E-state index contributed by atoms with van der Waals surface area (Å²) in [5, 5.41) is 0. The van der Waals surface area contributed by atoms with Crippen molar-refractivity contribution in [2.75, 3.05) is 26.2 Å². The Kier molecular flexibility index (Phi) is 4.39. The fourth-order valence-corrected chi connectivity index (χ4v) is 3.05. The van der Waals surface area contributed by atoms with E-state index in [1.54, 1.807) is 24.0 Å². The molecule has 2 amide bonds. The van der Waals surface area contributed by atoms with Crippen LogP contribution in [-0.2, 0) is 14.3 Å². The minimum atomic E-state index is -4.60. The zero-order valence-electron chi connectivity index (χ0n) is 13.0. The number of aryl methyl sites for hydroxylation is 1. The van der Waals surface area contributed by atoms with Gasteiger partial charge in [0.2, 0.25) is 11.8 Å². The van der Waals surface area contributed by atoms with Crippen molar-refractivity contribution in [2.45, 2.75) is 31.7 Å². The predicted octanol–water partition coefficient (Wildman–Crippen LogP) is 1.65. The molecule has 1 aromatic heterocycles. The smallest absolute Gasteiger partial charge is 0.406 e. The molecule has 2 saturated heterocycles. The van der Waals surface area contributed by atoms with Gasteiger partial charge >= 0.3 is 6.18 Å². The van der Waals surface area contributed by atoms with Crippen molar-refractivity contribution in [1.29, 1.82) is 0 Å². The summed E-state index contributed by atoms with van der Waals surface area (Å²) >= 11 is 0. The van der Waals surface area contributed by atoms with Crippen molar-refractivity contribution < 1.29 is 31.9 Å². The first-order valence-electron chi connectivity index (χ1n) is 7.57. The molecule has 2 fully saturated rings. The highest BCUT2D eigenvalue weighted by molar-refractivity contribution is 6.05. The molecule has 2 aliphatic heterocycles. The Balaban J connectivity index is 1.70. The maximum absolute atomic E-state index is 12.5. The molecule has 9 heteroatoms. The Morgan fingerprint density at radius 1 is 1.29 bits per heavy atom. The Morgan fingerprint density at radius 3 is 2.67 bits per heavy atom. The lowest BCUT2D eigenvalue weighted by molar-refractivity contribution is -0.166. The first kappa shape index (κ1) is 17.0. The molecule has 3 heterocycles. The molecule has 2 atom stereocenters. The Hall–Kier alpha value is -1.87. The summed E-state index contributed by atoms with van der Waals surface area (Å²) in [7, 11) is 0. The van der Waals surface area contributed by atoms with Gasteiger partial charge in [0.25, 0.3) is 0 Å². The van der Waals surface area contributed by atoms with E-state index in [9.17, 15) is 22.8 Å². The molecule has 6 nitrogen and oxygen atoms in total. The van der Waals surface area contributed by atoms with Crippen LogP contribution in [0.15, 0.2) is 16.5 Å². The number of amides is 2. The van der Waals surface area contributed by atoms with Gasteiger partial charge < -0.3 is 9.15 Å². The van der Waals surface area contributed by atoms with E-state index >= 15 is 0 Å². The maximum Gasteiger partial charge on any atom is 0.406 e. The summed E-state index contributed by atoms with van der Waals surface area (Å²) in [5.41, 5.74) is 0. The summed E-state index contributed by atoms with van der Waals surface area (Å²) in [6.45, 7) is 1.22. The lowest BCUT2D eigenvalue weighted by Crippen LogP contribution is -2.49. The number of ether oxygens (including phenoxy) is 1. The number of furan rings is 1. The molecule has 1 aromatic rings. The standard InChI is InChI=1S/C15H17F3N2O4/c1-9-2-3-11(24-9)12-7-19(4-5-23-12)10-6-13(21)20(14(10)22)8-15(16,17)18/h2-3,10,12H,4-8H2,1H3/t10-,12+/m0/s1. The van der Waals surface area contributed by atoms with E-state index < -0.39 is 36.7 Å². The van der Waals surface area contributed by atoms with Gasteiger partial charge in [-0.1, -0.05) is 0 Å². The highest BCUT2D eigenvalue weighted by Crippen LogP contribution is 2.29. The van der Waals surface area contributed by atoms with Gasteiger partial charge in [-0.2, -0.15) is 13.2 Å². The monoisotopic (exact) mass is 346 g/mol. The van der Waals surface area contributed by atoms with Crippen LogP contribution in [0, 0.1) is 6.92 Å². The molecule has 0 aromatic carbocycles. The van der Waals surface area contributed by atoms with Crippen molar-refractivity contribution in [2.24, 2.45) is 0 Å². The van der Waals surface area contributed by atoms with Crippen LogP contribution in [0.3, 0.4) is 0 Å². The number of halogens is 3. The lowest BCUT2D eigenvalue weighted by Gasteiger charge is -2.34. The average Bonchev–Trinajstić information content (AvgIpc) is 3.05. The van der Waals surface area contributed by atoms with Gasteiger partial charge in [-0.25, -0.2) is 0 Å². The molecule has 0 radical (unpaired) electrons. The first-order chi connectivity index (χ1) is 11.2. The molecule has 3 rings (SSSR count). The number of imide groups is 1. The van der Waals surface area contributed by atoms with Crippen LogP contribution < -0.4 is 0 Å². The molecule has 0 saturated carbocycles. The molecule has 132 valence electrons. The third-order valence-electron chi connectivity index (χ3n) is 4.17. The lowest BCUT2D eigenvalue weighted by atomic mass is 10.1. The highest BCUT2D eigenvalue weighted by atomic mass is 19.4. The number of likely N-dealkylation sites (tertiary alicyclic amines) is 1. The quantitative estimate of drug-likeness (QED) is 0.779. The van der Waals surface area contributed by atoms with Gasteiger partial charge in [-0.05, 0) is 19.1 Å². The number of nitrogens with zero attached hydrogens (tertiary/aromatic N) is 2. The van der Waals surface area contributed by atoms with Crippen LogP contribution in [0.2, 0.25) is 0 Å². The van der Waals surface area contributed by atoms with E-state index in [-0.39, 0.29) is 13.0 Å². The normalized spacial score (nSPS) is 26.4. The molecular weight excluding hydrogens is 329 g/mol. The average molecular weight is 346 g/mol. The van der Waals surface area contributed by atoms with Crippen LogP contribution in [0.5, 0.6) is 0 Å². The van der Waals surface area contributed by atoms with Gasteiger partial charge in [0.1, 0.15) is 24.2 Å². The molecule has 0 aliphatic carbocycles. The van der Waals surface area contributed by atoms with Gasteiger partial charge in [0.15, 0.2) is 0 Å². The minimum Gasteiger partial charge on any atom is -0.464 e. The van der Waals surface area contributed by atoms with Crippen molar-refractivity contribution in [3.05, 3.63) is 23.7 Å². The molecule has 0 unspecified atom stereocenters. The van der Waals surface area contributed by atoms with E-state index in [1.807, 2.05) is 0 Å².